The number of nitrogens with two attached hydrogens (primary N) is 1. The van der Waals surface area contributed by atoms with Crippen molar-refractivity contribution >= 4 is 21.6 Å². The van der Waals surface area contributed by atoms with Gasteiger partial charge in [-0.25, -0.2) is 4.39 Å². The van der Waals surface area contributed by atoms with E-state index in [1.807, 2.05) is 0 Å². The highest BCUT2D eigenvalue weighted by Crippen LogP contribution is 2.25. The molecule has 1 aromatic rings. The molecule has 1 aromatic carbocycles. The van der Waals surface area contributed by atoms with Crippen molar-refractivity contribution in [3.8, 4) is 0 Å². The van der Waals surface area contributed by atoms with Crippen LogP contribution in [0.15, 0.2) is 22.7 Å². The van der Waals surface area contributed by atoms with Gasteiger partial charge in [-0.05, 0) is 43.9 Å². The SMILES string of the molecule is NC1CCCC(Nc2cc(Br)ccc2F)C1. The maximum atomic E-state index is 13.5. The topological polar surface area (TPSA) is 38.0 Å². The van der Waals surface area contributed by atoms with E-state index in [0.717, 1.165) is 30.2 Å². The van der Waals surface area contributed by atoms with Gasteiger partial charge < -0.3 is 11.1 Å². The van der Waals surface area contributed by atoms with Crippen molar-refractivity contribution < 1.29 is 4.39 Å². The number of rotatable bonds is 2. The third-order valence-corrected chi connectivity index (χ3v) is 3.50. The molecule has 1 saturated carbocycles. The predicted octanol–water partition coefficient (Wildman–Crippen LogP) is 3.27. The minimum Gasteiger partial charge on any atom is -0.380 e. The van der Waals surface area contributed by atoms with Gasteiger partial charge in [0.15, 0.2) is 0 Å². The fourth-order valence-electron chi connectivity index (χ4n) is 2.19. The van der Waals surface area contributed by atoms with Gasteiger partial charge in [-0.2, -0.15) is 0 Å². The van der Waals surface area contributed by atoms with E-state index in [2.05, 4.69) is 21.2 Å². The minimum atomic E-state index is -0.206. The van der Waals surface area contributed by atoms with Crippen LogP contribution in [0.5, 0.6) is 0 Å². The molecule has 0 saturated heterocycles. The molecule has 2 atom stereocenters. The molecular weight excluding hydrogens is 271 g/mol. The van der Waals surface area contributed by atoms with Gasteiger partial charge in [-0.15, -0.1) is 0 Å². The Balaban J connectivity index is 2.05. The van der Waals surface area contributed by atoms with Crippen LogP contribution < -0.4 is 11.1 Å². The van der Waals surface area contributed by atoms with Crippen molar-refractivity contribution in [2.75, 3.05) is 5.32 Å². The van der Waals surface area contributed by atoms with E-state index < -0.39 is 0 Å². The molecule has 4 heteroatoms. The zero-order chi connectivity index (χ0) is 11.5. The number of hydrogen-bond acceptors (Lipinski definition) is 2. The number of anilines is 1. The first-order valence-electron chi connectivity index (χ1n) is 5.62. The molecule has 1 aliphatic carbocycles. The van der Waals surface area contributed by atoms with E-state index in [4.69, 9.17) is 5.73 Å². The second kappa shape index (κ2) is 5.15. The molecule has 16 heavy (non-hydrogen) atoms. The van der Waals surface area contributed by atoms with Gasteiger partial charge in [0.25, 0.3) is 0 Å². The van der Waals surface area contributed by atoms with Crippen LogP contribution in [-0.4, -0.2) is 12.1 Å². The maximum absolute atomic E-state index is 13.5. The van der Waals surface area contributed by atoms with Crippen molar-refractivity contribution in [1.29, 1.82) is 0 Å². The zero-order valence-corrected chi connectivity index (χ0v) is 10.6. The lowest BCUT2D eigenvalue weighted by atomic mass is 9.91. The van der Waals surface area contributed by atoms with Crippen LogP contribution in [0.3, 0.4) is 0 Å². The van der Waals surface area contributed by atoms with Crippen LogP contribution in [0.4, 0.5) is 10.1 Å². The first-order valence-corrected chi connectivity index (χ1v) is 6.41. The first-order chi connectivity index (χ1) is 7.65. The Kier molecular flexibility index (Phi) is 3.82. The number of halogens is 2. The molecule has 2 unspecified atom stereocenters. The van der Waals surface area contributed by atoms with Crippen LogP contribution in [0.25, 0.3) is 0 Å². The average molecular weight is 287 g/mol. The lowest BCUT2D eigenvalue weighted by Gasteiger charge is -2.28. The molecule has 1 fully saturated rings. The summed E-state index contributed by atoms with van der Waals surface area (Å²) >= 11 is 3.34. The minimum absolute atomic E-state index is 0.206. The third-order valence-electron chi connectivity index (χ3n) is 3.00. The van der Waals surface area contributed by atoms with E-state index in [1.54, 1.807) is 12.1 Å². The summed E-state index contributed by atoms with van der Waals surface area (Å²) < 4.78 is 14.4. The Hall–Kier alpha value is -0.610. The molecule has 88 valence electrons. The molecule has 0 spiro atoms. The van der Waals surface area contributed by atoms with Crippen LogP contribution in [0.1, 0.15) is 25.7 Å². The molecule has 2 nitrogen and oxygen atoms in total. The van der Waals surface area contributed by atoms with E-state index in [9.17, 15) is 4.39 Å². The highest BCUT2D eigenvalue weighted by Gasteiger charge is 2.19. The molecule has 0 radical (unpaired) electrons. The van der Waals surface area contributed by atoms with Crippen molar-refractivity contribution in [1.82, 2.24) is 0 Å². The van der Waals surface area contributed by atoms with E-state index in [1.165, 1.54) is 6.07 Å². The molecule has 0 aromatic heterocycles. The predicted molar refractivity (Wildman–Crippen MR) is 68.0 cm³/mol. The molecule has 0 aliphatic heterocycles. The summed E-state index contributed by atoms with van der Waals surface area (Å²) in [6.45, 7) is 0. The highest BCUT2D eigenvalue weighted by atomic mass is 79.9. The standard InChI is InChI=1S/C12H16BrFN2/c13-8-4-5-11(14)12(6-8)16-10-3-1-2-9(15)7-10/h4-6,9-10,16H,1-3,7,15H2. The van der Waals surface area contributed by atoms with Crippen molar-refractivity contribution in [3.05, 3.63) is 28.5 Å². The molecule has 0 amide bonds. The Morgan fingerprint density at radius 3 is 2.94 bits per heavy atom. The van der Waals surface area contributed by atoms with E-state index >= 15 is 0 Å². The Morgan fingerprint density at radius 2 is 2.19 bits per heavy atom. The Labute approximate surface area is 104 Å². The molecular formula is C12H16BrFN2. The second-order valence-corrected chi connectivity index (χ2v) is 5.31. The smallest absolute Gasteiger partial charge is 0.146 e. The van der Waals surface area contributed by atoms with E-state index in [-0.39, 0.29) is 11.9 Å². The van der Waals surface area contributed by atoms with Gasteiger partial charge in [0.05, 0.1) is 5.69 Å². The van der Waals surface area contributed by atoms with Crippen LogP contribution >= 0.6 is 15.9 Å². The summed E-state index contributed by atoms with van der Waals surface area (Å²) in [5.41, 5.74) is 6.47. The first kappa shape index (κ1) is 11.9. The molecule has 0 bridgehead atoms. The summed E-state index contributed by atoms with van der Waals surface area (Å²) in [5.74, 6) is -0.206. The molecule has 2 rings (SSSR count). The summed E-state index contributed by atoms with van der Waals surface area (Å²) in [7, 11) is 0. The number of hydrogen-bond donors (Lipinski definition) is 2. The fraction of sp³-hybridized carbons (Fsp3) is 0.500. The van der Waals surface area contributed by atoms with Crippen molar-refractivity contribution in [2.24, 2.45) is 5.73 Å². The van der Waals surface area contributed by atoms with Crippen molar-refractivity contribution in [2.45, 2.75) is 37.8 Å². The zero-order valence-electron chi connectivity index (χ0n) is 9.05. The Bertz CT molecular complexity index is 370. The quantitative estimate of drug-likeness (QED) is 0.876. The van der Waals surface area contributed by atoms with Gasteiger partial charge >= 0.3 is 0 Å². The lowest BCUT2D eigenvalue weighted by Crippen LogP contribution is -2.35. The summed E-state index contributed by atoms with van der Waals surface area (Å²) in [4.78, 5) is 0. The normalized spacial score (nSPS) is 25.4. The largest absolute Gasteiger partial charge is 0.380 e. The van der Waals surface area contributed by atoms with Gasteiger partial charge in [0.2, 0.25) is 0 Å². The summed E-state index contributed by atoms with van der Waals surface area (Å²) in [6.07, 6.45) is 4.19. The monoisotopic (exact) mass is 286 g/mol. The van der Waals surface area contributed by atoms with Gasteiger partial charge in [-0.3, -0.25) is 0 Å². The van der Waals surface area contributed by atoms with Crippen LogP contribution in [-0.2, 0) is 0 Å². The van der Waals surface area contributed by atoms with Gasteiger partial charge in [0.1, 0.15) is 5.82 Å². The number of benzene rings is 1. The Morgan fingerprint density at radius 1 is 1.38 bits per heavy atom. The molecule has 0 heterocycles. The molecule has 1 aliphatic rings. The number of nitrogens with one attached hydrogen (secondary N) is 1. The lowest BCUT2D eigenvalue weighted by molar-refractivity contribution is 0.408. The molecule has 3 N–H and O–H groups in total. The summed E-state index contributed by atoms with van der Waals surface area (Å²) in [5, 5.41) is 3.24. The van der Waals surface area contributed by atoms with Gasteiger partial charge in [-0.1, -0.05) is 15.9 Å². The highest BCUT2D eigenvalue weighted by molar-refractivity contribution is 9.10. The average Bonchev–Trinajstić information content (AvgIpc) is 2.24. The second-order valence-electron chi connectivity index (χ2n) is 4.39. The summed E-state index contributed by atoms with van der Waals surface area (Å²) in [6, 6.07) is 5.49. The van der Waals surface area contributed by atoms with E-state index in [0.29, 0.717) is 11.7 Å². The van der Waals surface area contributed by atoms with Crippen LogP contribution in [0, 0.1) is 5.82 Å². The third kappa shape index (κ3) is 2.95. The van der Waals surface area contributed by atoms with Gasteiger partial charge in [0, 0.05) is 16.6 Å². The fourth-order valence-corrected chi connectivity index (χ4v) is 2.55. The van der Waals surface area contributed by atoms with Crippen LogP contribution in [0.2, 0.25) is 0 Å². The maximum Gasteiger partial charge on any atom is 0.146 e. The van der Waals surface area contributed by atoms with Crippen molar-refractivity contribution in [3.63, 3.8) is 0 Å².